The Bertz CT molecular complexity index is 209. The van der Waals surface area contributed by atoms with Crippen LogP contribution in [-0.4, -0.2) is 6.47 Å². The monoisotopic (exact) mass is 223 g/mol. The van der Waals surface area contributed by atoms with Crippen molar-refractivity contribution in [3.05, 3.63) is 25.0 Å². The van der Waals surface area contributed by atoms with Gasteiger partial charge in [0.05, 0.1) is 0 Å². The molecule has 0 aromatic heterocycles. The molecule has 0 aromatic carbocycles. The zero-order valence-corrected chi connectivity index (χ0v) is 10.3. The van der Waals surface area contributed by atoms with E-state index < -0.39 is 0 Å². The van der Waals surface area contributed by atoms with Gasteiger partial charge in [-0.25, -0.2) is 0 Å². The van der Waals surface area contributed by atoms with Crippen LogP contribution < -0.4 is 0 Å². The van der Waals surface area contributed by atoms with Gasteiger partial charge in [-0.3, -0.25) is 4.79 Å². The fourth-order valence-electron chi connectivity index (χ4n) is 1.67. The smallest absolute Gasteiger partial charge is 0.298 e. The van der Waals surface area contributed by atoms with Gasteiger partial charge >= 0.3 is 0 Å². The van der Waals surface area contributed by atoms with Crippen LogP contribution in [0, 0.1) is 12.5 Å². The number of carbonyl (C=O) groups excluding carboxylic acids is 1. The lowest BCUT2D eigenvalue weighted by atomic mass is 9.99. The molecule has 1 radical (unpaired) electrons. The van der Waals surface area contributed by atoms with Crippen molar-refractivity contribution >= 4 is 6.47 Å². The number of hydrogen-bond donors (Lipinski definition) is 0. The molecule has 0 aromatic rings. The Labute approximate surface area is 99.4 Å². The molecular weight excluding hydrogens is 200 g/mol. The molecule has 2 heteroatoms. The van der Waals surface area contributed by atoms with Gasteiger partial charge in [-0.2, -0.15) is 0 Å². The summed E-state index contributed by atoms with van der Waals surface area (Å²) < 4.78 is 4.52. The second-order valence-corrected chi connectivity index (χ2v) is 4.26. The van der Waals surface area contributed by atoms with Gasteiger partial charge in [0.25, 0.3) is 6.47 Å². The number of rotatable bonds is 11. The van der Waals surface area contributed by atoms with Crippen molar-refractivity contribution in [2.45, 2.75) is 51.9 Å². The molecule has 0 aliphatic rings. The normalized spacial score (nSPS) is 11.8. The molecule has 16 heavy (non-hydrogen) atoms. The third-order valence-electron chi connectivity index (χ3n) is 2.64. The van der Waals surface area contributed by atoms with E-state index in [1.165, 1.54) is 19.3 Å². The summed E-state index contributed by atoms with van der Waals surface area (Å²) >= 11 is 0. The fraction of sp³-hybridized carbons (Fsp3) is 0.643. The van der Waals surface area contributed by atoms with Gasteiger partial charge in [0.15, 0.2) is 0 Å². The maximum Gasteiger partial charge on any atom is 0.298 e. The second kappa shape index (κ2) is 10.5. The summed E-state index contributed by atoms with van der Waals surface area (Å²) in [7, 11) is 0. The highest BCUT2D eigenvalue weighted by molar-refractivity contribution is 5.39. The lowest BCUT2D eigenvalue weighted by Gasteiger charge is -2.08. The van der Waals surface area contributed by atoms with E-state index in [9.17, 15) is 4.79 Å². The van der Waals surface area contributed by atoms with Gasteiger partial charge in [0, 0.05) is 6.42 Å². The predicted molar refractivity (Wildman–Crippen MR) is 66.6 cm³/mol. The molecule has 1 atom stereocenters. The van der Waals surface area contributed by atoms with E-state index in [-0.39, 0.29) is 0 Å². The van der Waals surface area contributed by atoms with Crippen molar-refractivity contribution < 1.29 is 9.53 Å². The first-order valence-electron chi connectivity index (χ1n) is 6.03. The van der Waals surface area contributed by atoms with E-state index >= 15 is 0 Å². The average molecular weight is 223 g/mol. The largest absolute Gasteiger partial charge is 0.433 e. The summed E-state index contributed by atoms with van der Waals surface area (Å²) in [5.41, 5.74) is 0. The molecule has 91 valence electrons. The Balaban J connectivity index is 3.23. The molecular formula is C14H23O2. The van der Waals surface area contributed by atoms with E-state index in [1.807, 2.05) is 6.08 Å². The fourth-order valence-corrected chi connectivity index (χ4v) is 1.67. The Morgan fingerprint density at radius 1 is 1.38 bits per heavy atom. The van der Waals surface area contributed by atoms with E-state index in [1.54, 1.807) is 0 Å². The van der Waals surface area contributed by atoms with Crippen LogP contribution in [0.4, 0.5) is 0 Å². The zero-order chi connectivity index (χ0) is 12.2. The van der Waals surface area contributed by atoms with Crippen LogP contribution in [0.15, 0.2) is 18.4 Å². The zero-order valence-electron chi connectivity index (χ0n) is 10.3. The Kier molecular flexibility index (Phi) is 9.78. The quantitative estimate of drug-likeness (QED) is 0.229. The van der Waals surface area contributed by atoms with E-state index in [0.717, 1.165) is 25.2 Å². The van der Waals surface area contributed by atoms with E-state index in [4.69, 9.17) is 6.58 Å². The van der Waals surface area contributed by atoms with Crippen LogP contribution in [0.1, 0.15) is 51.9 Å². The molecule has 0 aliphatic carbocycles. The van der Waals surface area contributed by atoms with E-state index in [2.05, 4.69) is 18.2 Å². The van der Waals surface area contributed by atoms with Crippen LogP contribution in [0.25, 0.3) is 0 Å². The van der Waals surface area contributed by atoms with Crippen molar-refractivity contribution in [3.63, 3.8) is 0 Å². The number of hydrogen-bond acceptors (Lipinski definition) is 2. The van der Waals surface area contributed by atoms with Crippen LogP contribution in [-0.2, 0) is 9.53 Å². The first kappa shape index (κ1) is 14.9. The highest BCUT2D eigenvalue weighted by Crippen LogP contribution is 2.15. The van der Waals surface area contributed by atoms with Gasteiger partial charge in [0.1, 0.15) is 5.76 Å². The van der Waals surface area contributed by atoms with Gasteiger partial charge in [-0.05, 0) is 25.3 Å². The topological polar surface area (TPSA) is 26.3 Å². The summed E-state index contributed by atoms with van der Waals surface area (Å²) in [6, 6.07) is 0. The lowest BCUT2D eigenvalue weighted by Crippen LogP contribution is -1.93. The lowest BCUT2D eigenvalue weighted by molar-refractivity contribution is -0.125. The third kappa shape index (κ3) is 9.50. The summed E-state index contributed by atoms with van der Waals surface area (Å²) in [6.07, 6.45) is 9.64. The van der Waals surface area contributed by atoms with Crippen molar-refractivity contribution in [1.82, 2.24) is 0 Å². The number of carbonyl (C=O) groups is 1. The molecule has 0 saturated heterocycles. The first-order valence-corrected chi connectivity index (χ1v) is 6.03. The Morgan fingerprint density at radius 3 is 2.69 bits per heavy atom. The summed E-state index contributed by atoms with van der Waals surface area (Å²) in [5.74, 6) is 1.07. The number of allylic oxidation sites excluding steroid dienone is 2. The van der Waals surface area contributed by atoms with Crippen molar-refractivity contribution in [2.24, 2.45) is 5.92 Å². The van der Waals surface area contributed by atoms with Gasteiger partial charge in [0.2, 0.25) is 0 Å². The van der Waals surface area contributed by atoms with Crippen molar-refractivity contribution in [2.75, 3.05) is 0 Å². The molecule has 0 aliphatic heterocycles. The molecule has 0 N–H and O–H groups in total. The molecule has 0 spiro atoms. The number of ether oxygens (including phenoxy) is 1. The maximum atomic E-state index is 9.96. The molecule has 0 amide bonds. The maximum absolute atomic E-state index is 9.96. The molecule has 0 bridgehead atoms. The summed E-state index contributed by atoms with van der Waals surface area (Å²) in [5, 5.41) is 0. The molecule has 0 unspecified atom stereocenters. The van der Waals surface area contributed by atoms with Gasteiger partial charge in [-0.1, -0.05) is 38.7 Å². The SMILES string of the molecule is [CH]=C(CCCCCC[C@@H](C)CC=C)OC=O. The van der Waals surface area contributed by atoms with Crippen molar-refractivity contribution in [3.8, 4) is 0 Å². The summed E-state index contributed by atoms with van der Waals surface area (Å²) in [4.78, 5) is 9.96. The Morgan fingerprint density at radius 2 is 2.06 bits per heavy atom. The first-order chi connectivity index (χ1) is 7.70. The Hall–Kier alpha value is -1.05. The highest BCUT2D eigenvalue weighted by Gasteiger charge is 1.99. The second-order valence-electron chi connectivity index (χ2n) is 4.26. The molecule has 2 nitrogen and oxygen atoms in total. The highest BCUT2D eigenvalue weighted by atomic mass is 16.5. The average Bonchev–Trinajstić information content (AvgIpc) is 2.24. The number of unbranched alkanes of at least 4 members (excludes halogenated alkanes) is 3. The minimum atomic E-state index is 0.329. The minimum Gasteiger partial charge on any atom is -0.433 e. The summed E-state index contributed by atoms with van der Waals surface area (Å²) in [6.45, 7) is 11.8. The molecule has 0 fully saturated rings. The minimum absolute atomic E-state index is 0.329. The van der Waals surface area contributed by atoms with Crippen LogP contribution in [0.3, 0.4) is 0 Å². The predicted octanol–water partition coefficient (Wildman–Crippen LogP) is 4.03. The standard InChI is InChI=1S/C14H23O2/c1-4-9-13(2)10-7-5-6-8-11-14(3)16-12-15/h3-4,12-13H,1,5-11H2,2H3/t13-/m0/s1. The van der Waals surface area contributed by atoms with Crippen molar-refractivity contribution in [1.29, 1.82) is 0 Å². The molecule has 0 heterocycles. The molecule has 0 saturated carbocycles. The van der Waals surface area contributed by atoms with Crippen LogP contribution in [0.5, 0.6) is 0 Å². The molecule has 0 rings (SSSR count). The van der Waals surface area contributed by atoms with Gasteiger partial charge < -0.3 is 4.74 Å². The third-order valence-corrected chi connectivity index (χ3v) is 2.64. The van der Waals surface area contributed by atoms with Crippen LogP contribution in [0.2, 0.25) is 0 Å². The van der Waals surface area contributed by atoms with Crippen LogP contribution >= 0.6 is 0 Å². The van der Waals surface area contributed by atoms with E-state index in [0.29, 0.717) is 18.7 Å². The van der Waals surface area contributed by atoms with Gasteiger partial charge in [-0.15, -0.1) is 6.58 Å².